The van der Waals surface area contributed by atoms with Crippen molar-refractivity contribution >= 4 is 5.97 Å². The van der Waals surface area contributed by atoms with Crippen molar-refractivity contribution < 1.29 is 9.53 Å². The average Bonchev–Trinajstić information content (AvgIpc) is 2.13. The Morgan fingerprint density at radius 2 is 2.21 bits per heavy atom. The van der Waals surface area contributed by atoms with E-state index in [1.807, 2.05) is 0 Å². The van der Waals surface area contributed by atoms with Gasteiger partial charge in [0.1, 0.15) is 5.69 Å². The second-order valence-corrected chi connectivity index (χ2v) is 2.61. The first-order valence-corrected chi connectivity index (χ1v) is 4.03. The van der Waals surface area contributed by atoms with Gasteiger partial charge in [-0.2, -0.15) is 0 Å². The Morgan fingerprint density at radius 1 is 1.57 bits per heavy atom. The molecule has 6 heteroatoms. The molecule has 1 N–H and O–H groups in total. The Hall–Kier alpha value is -1.85. The van der Waals surface area contributed by atoms with Gasteiger partial charge in [-0.3, -0.25) is 9.36 Å². The first-order chi connectivity index (χ1) is 6.56. The molecule has 0 atom stereocenters. The van der Waals surface area contributed by atoms with Gasteiger partial charge in [0.25, 0.3) is 5.56 Å². The van der Waals surface area contributed by atoms with Crippen LogP contribution in [0.2, 0.25) is 0 Å². The minimum atomic E-state index is -0.706. The molecule has 0 amide bonds. The molecule has 0 aromatic carbocycles. The molecule has 76 valence electrons. The number of rotatable bonds is 2. The van der Waals surface area contributed by atoms with Gasteiger partial charge in [-0.25, -0.2) is 9.59 Å². The fourth-order valence-electron chi connectivity index (χ4n) is 0.874. The third-order valence-corrected chi connectivity index (χ3v) is 1.64. The molecule has 1 heterocycles. The summed E-state index contributed by atoms with van der Waals surface area (Å²) in [4.78, 5) is 35.5. The number of carbonyl (C=O) groups excluding carboxylic acids is 1. The van der Waals surface area contributed by atoms with Gasteiger partial charge in [0.15, 0.2) is 0 Å². The minimum absolute atomic E-state index is 0.125. The van der Waals surface area contributed by atoms with Gasteiger partial charge in [-0.05, 0) is 6.92 Å². The van der Waals surface area contributed by atoms with Crippen molar-refractivity contribution in [2.45, 2.75) is 6.92 Å². The maximum absolute atomic E-state index is 11.1. The van der Waals surface area contributed by atoms with Crippen LogP contribution in [0.15, 0.2) is 15.7 Å². The minimum Gasteiger partial charge on any atom is -0.461 e. The van der Waals surface area contributed by atoms with Gasteiger partial charge in [-0.15, -0.1) is 0 Å². The second-order valence-electron chi connectivity index (χ2n) is 2.61. The Kier molecular flexibility index (Phi) is 2.85. The third kappa shape index (κ3) is 1.90. The highest BCUT2D eigenvalue weighted by atomic mass is 16.5. The summed E-state index contributed by atoms with van der Waals surface area (Å²) in [5.74, 6) is -0.706. The quantitative estimate of drug-likeness (QED) is 0.634. The van der Waals surface area contributed by atoms with Crippen molar-refractivity contribution in [3.05, 3.63) is 32.6 Å². The van der Waals surface area contributed by atoms with Crippen molar-refractivity contribution in [3.8, 4) is 0 Å². The summed E-state index contributed by atoms with van der Waals surface area (Å²) in [5.41, 5.74) is -1.31. The lowest BCUT2D eigenvalue weighted by Crippen LogP contribution is -2.34. The number of hydrogen-bond acceptors (Lipinski definition) is 4. The molecule has 0 aliphatic heterocycles. The van der Waals surface area contributed by atoms with E-state index >= 15 is 0 Å². The lowest BCUT2D eigenvalue weighted by molar-refractivity contribution is 0.0518. The number of aromatic amines is 1. The monoisotopic (exact) mass is 198 g/mol. The lowest BCUT2D eigenvalue weighted by atomic mass is 10.4. The third-order valence-electron chi connectivity index (χ3n) is 1.64. The van der Waals surface area contributed by atoms with E-state index in [0.29, 0.717) is 0 Å². The van der Waals surface area contributed by atoms with Crippen LogP contribution < -0.4 is 11.2 Å². The molecule has 0 radical (unpaired) electrons. The fraction of sp³-hybridized carbons (Fsp3) is 0.375. The number of esters is 1. The summed E-state index contributed by atoms with van der Waals surface area (Å²) in [5, 5.41) is 0. The van der Waals surface area contributed by atoms with Crippen molar-refractivity contribution in [2.75, 3.05) is 6.61 Å². The van der Waals surface area contributed by atoms with Crippen LogP contribution >= 0.6 is 0 Å². The first kappa shape index (κ1) is 10.2. The van der Waals surface area contributed by atoms with Crippen LogP contribution in [0.4, 0.5) is 0 Å². The maximum Gasteiger partial charge on any atom is 0.355 e. The molecule has 14 heavy (non-hydrogen) atoms. The first-order valence-electron chi connectivity index (χ1n) is 4.03. The molecule has 1 aromatic heterocycles. The van der Waals surface area contributed by atoms with Crippen LogP contribution in [0, 0.1) is 0 Å². The van der Waals surface area contributed by atoms with E-state index < -0.39 is 17.2 Å². The highest BCUT2D eigenvalue weighted by Crippen LogP contribution is 1.90. The zero-order valence-electron chi connectivity index (χ0n) is 7.86. The number of ether oxygens (including phenoxy) is 1. The molecule has 1 rings (SSSR count). The Balaban J connectivity index is 3.20. The number of nitrogens with zero attached hydrogens (tertiary/aromatic N) is 1. The predicted molar refractivity (Wildman–Crippen MR) is 48.3 cm³/mol. The summed E-state index contributed by atoms with van der Waals surface area (Å²) in [6.07, 6.45) is 0. The van der Waals surface area contributed by atoms with Crippen molar-refractivity contribution in [1.82, 2.24) is 9.55 Å². The smallest absolute Gasteiger partial charge is 0.355 e. The van der Waals surface area contributed by atoms with Gasteiger partial charge in [-0.1, -0.05) is 0 Å². The van der Waals surface area contributed by atoms with E-state index in [0.717, 1.165) is 10.6 Å². The van der Waals surface area contributed by atoms with E-state index in [4.69, 9.17) is 0 Å². The topological polar surface area (TPSA) is 81.2 Å². The summed E-state index contributed by atoms with van der Waals surface area (Å²) >= 11 is 0. The summed E-state index contributed by atoms with van der Waals surface area (Å²) in [7, 11) is 1.32. The molecule has 0 saturated carbocycles. The molecule has 6 nitrogen and oxygen atoms in total. The van der Waals surface area contributed by atoms with Crippen LogP contribution in [0.25, 0.3) is 0 Å². The van der Waals surface area contributed by atoms with E-state index in [1.54, 1.807) is 6.92 Å². The van der Waals surface area contributed by atoms with Crippen LogP contribution in [-0.2, 0) is 11.8 Å². The van der Waals surface area contributed by atoms with Crippen molar-refractivity contribution in [3.63, 3.8) is 0 Å². The standard InChI is InChI=1S/C8H10N2O4/c1-3-14-7(12)5-4-6(11)10(2)8(13)9-5/h4H,3H2,1-2H3,(H,9,13). The van der Waals surface area contributed by atoms with Gasteiger partial charge in [0, 0.05) is 13.1 Å². The zero-order valence-corrected chi connectivity index (χ0v) is 7.86. The number of carbonyl (C=O) groups is 1. The molecule has 0 bridgehead atoms. The van der Waals surface area contributed by atoms with Gasteiger partial charge in [0.05, 0.1) is 6.61 Å². The van der Waals surface area contributed by atoms with Crippen LogP contribution in [0.5, 0.6) is 0 Å². The molecular formula is C8H10N2O4. The highest BCUT2D eigenvalue weighted by molar-refractivity contribution is 5.86. The van der Waals surface area contributed by atoms with Crippen molar-refractivity contribution in [1.29, 1.82) is 0 Å². The van der Waals surface area contributed by atoms with E-state index in [2.05, 4.69) is 9.72 Å². The van der Waals surface area contributed by atoms with Gasteiger partial charge >= 0.3 is 11.7 Å². The fourth-order valence-corrected chi connectivity index (χ4v) is 0.874. The molecular weight excluding hydrogens is 188 g/mol. The molecule has 0 saturated heterocycles. The summed E-state index contributed by atoms with van der Waals surface area (Å²) in [6.45, 7) is 1.83. The maximum atomic E-state index is 11.1. The van der Waals surface area contributed by atoms with Crippen LogP contribution in [0.1, 0.15) is 17.4 Å². The normalized spacial score (nSPS) is 9.86. The van der Waals surface area contributed by atoms with Crippen molar-refractivity contribution in [2.24, 2.45) is 7.05 Å². The summed E-state index contributed by atoms with van der Waals surface area (Å²) < 4.78 is 5.48. The van der Waals surface area contributed by atoms with Gasteiger partial charge in [0.2, 0.25) is 0 Å². The molecule has 0 unspecified atom stereocenters. The average molecular weight is 198 g/mol. The molecule has 0 aliphatic rings. The van der Waals surface area contributed by atoms with E-state index in [1.165, 1.54) is 7.05 Å². The number of nitrogens with one attached hydrogen (secondary N) is 1. The van der Waals surface area contributed by atoms with E-state index in [-0.39, 0.29) is 12.3 Å². The highest BCUT2D eigenvalue weighted by Gasteiger charge is 2.09. The van der Waals surface area contributed by atoms with Crippen LogP contribution in [0.3, 0.4) is 0 Å². The number of H-pyrrole nitrogens is 1. The zero-order chi connectivity index (χ0) is 10.7. The lowest BCUT2D eigenvalue weighted by Gasteiger charge is -2.01. The number of hydrogen-bond donors (Lipinski definition) is 1. The predicted octanol–water partition coefficient (Wildman–Crippen LogP) is -0.750. The SMILES string of the molecule is CCOC(=O)c1cc(=O)n(C)c(=O)[nH]1. The molecule has 0 spiro atoms. The molecule has 0 fully saturated rings. The molecule has 0 aliphatic carbocycles. The van der Waals surface area contributed by atoms with Crippen LogP contribution in [-0.4, -0.2) is 22.1 Å². The van der Waals surface area contributed by atoms with E-state index in [9.17, 15) is 14.4 Å². The number of aromatic nitrogens is 2. The Bertz CT molecular complexity index is 426. The molecule has 1 aromatic rings. The Morgan fingerprint density at radius 3 is 2.71 bits per heavy atom. The summed E-state index contributed by atoms with van der Waals surface area (Å²) in [6, 6.07) is 1.03. The largest absolute Gasteiger partial charge is 0.461 e. The second kappa shape index (κ2) is 3.91. The van der Waals surface area contributed by atoms with Gasteiger partial charge < -0.3 is 9.72 Å². The Labute approximate surface area is 79.1 Å².